The molecule has 2 aliphatic heterocycles. The normalized spacial score (nSPS) is 40.4. The van der Waals surface area contributed by atoms with Crippen molar-refractivity contribution in [2.45, 2.75) is 49.8 Å². The molecule has 6 heteroatoms. The Morgan fingerprint density at radius 3 is 2.55 bits per heavy atom. The number of carbonyl (C=O) groups excluding carboxylic acids is 1. The topological polar surface area (TPSA) is 80.5 Å². The van der Waals surface area contributed by atoms with Gasteiger partial charge in [0.05, 0.1) is 5.75 Å². The second-order valence-electron chi connectivity index (χ2n) is 6.61. The Morgan fingerprint density at radius 1 is 1.05 bits per heavy atom. The predicted octanol–water partition coefficient (Wildman–Crippen LogP) is 0.539. The van der Waals surface area contributed by atoms with E-state index in [2.05, 4.69) is 0 Å². The van der Waals surface area contributed by atoms with Gasteiger partial charge in [-0.2, -0.15) is 0 Å². The first-order valence-corrected chi connectivity index (χ1v) is 9.46. The van der Waals surface area contributed by atoms with E-state index in [9.17, 15) is 13.2 Å². The lowest BCUT2D eigenvalue weighted by Gasteiger charge is -2.29. The molecule has 0 radical (unpaired) electrons. The van der Waals surface area contributed by atoms with Gasteiger partial charge in [0, 0.05) is 19.1 Å². The molecule has 1 aliphatic carbocycles. The van der Waals surface area contributed by atoms with Gasteiger partial charge >= 0.3 is 0 Å². The van der Waals surface area contributed by atoms with E-state index in [4.69, 9.17) is 5.73 Å². The smallest absolute Gasteiger partial charge is 0.240 e. The Labute approximate surface area is 120 Å². The van der Waals surface area contributed by atoms with Crippen LogP contribution in [0.2, 0.25) is 0 Å². The third-order valence-corrected chi connectivity index (χ3v) is 7.48. The molecule has 3 fully saturated rings. The number of rotatable bonds is 1. The summed E-state index contributed by atoms with van der Waals surface area (Å²) in [5.74, 6) is 0.864. The van der Waals surface area contributed by atoms with Crippen LogP contribution in [0.3, 0.4) is 0 Å². The van der Waals surface area contributed by atoms with Crippen molar-refractivity contribution in [3.05, 3.63) is 0 Å². The Bertz CT molecular complexity index is 491. The molecule has 3 aliphatic rings. The zero-order valence-electron chi connectivity index (χ0n) is 11.8. The van der Waals surface area contributed by atoms with Crippen molar-refractivity contribution < 1.29 is 13.2 Å². The number of sulfone groups is 1. The van der Waals surface area contributed by atoms with Crippen LogP contribution in [-0.2, 0) is 14.6 Å². The molecule has 2 saturated heterocycles. The summed E-state index contributed by atoms with van der Waals surface area (Å²) in [7, 11) is -3.23. The van der Waals surface area contributed by atoms with Crippen LogP contribution in [-0.4, -0.2) is 49.4 Å². The minimum atomic E-state index is -3.23. The van der Waals surface area contributed by atoms with Crippen LogP contribution in [0.4, 0.5) is 0 Å². The highest BCUT2D eigenvalue weighted by atomic mass is 32.2. The van der Waals surface area contributed by atoms with E-state index in [-0.39, 0.29) is 17.7 Å². The van der Waals surface area contributed by atoms with E-state index >= 15 is 0 Å². The number of carbonyl (C=O) groups is 1. The fourth-order valence-electron chi connectivity index (χ4n) is 4.13. The fraction of sp³-hybridized carbons (Fsp3) is 0.929. The van der Waals surface area contributed by atoms with Gasteiger partial charge in [0.1, 0.15) is 5.25 Å². The first-order chi connectivity index (χ1) is 9.49. The molecule has 5 nitrogen and oxygen atoms in total. The van der Waals surface area contributed by atoms with Crippen molar-refractivity contribution in [3.8, 4) is 0 Å². The quantitative estimate of drug-likeness (QED) is 0.766. The standard InChI is InChI=1S/C14H24N2O3S/c15-12-5-3-4-10-8-16(9-11(10)12)14(17)13-6-1-2-7-20(13,18)19/h10-13H,1-9,15H2. The lowest BCUT2D eigenvalue weighted by Crippen LogP contribution is -2.45. The number of hydrogen-bond acceptors (Lipinski definition) is 4. The summed E-state index contributed by atoms with van der Waals surface area (Å²) < 4.78 is 24.2. The van der Waals surface area contributed by atoms with E-state index in [0.717, 1.165) is 25.7 Å². The van der Waals surface area contributed by atoms with Gasteiger partial charge in [0.2, 0.25) is 5.91 Å². The highest BCUT2D eigenvalue weighted by Crippen LogP contribution is 2.36. The molecule has 114 valence electrons. The van der Waals surface area contributed by atoms with E-state index in [1.165, 1.54) is 0 Å². The molecule has 4 unspecified atom stereocenters. The second-order valence-corrected chi connectivity index (χ2v) is 8.92. The maximum atomic E-state index is 12.6. The largest absolute Gasteiger partial charge is 0.341 e. The summed E-state index contributed by atoms with van der Waals surface area (Å²) in [6.45, 7) is 1.37. The molecule has 1 amide bonds. The van der Waals surface area contributed by atoms with Gasteiger partial charge in [-0.05, 0) is 37.5 Å². The first kappa shape index (κ1) is 14.3. The fourth-order valence-corrected chi connectivity index (χ4v) is 6.01. The van der Waals surface area contributed by atoms with E-state index in [1.807, 2.05) is 0 Å². The lowest BCUT2D eigenvalue weighted by atomic mass is 9.78. The summed E-state index contributed by atoms with van der Waals surface area (Å²) in [6.07, 6.45) is 5.33. The van der Waals surface area contributed by atoms with Crippen molar-refractivity contribution in [2.24, 2.45) is 17.6 Å². The Kier molecular flexibility index (Phi) is 3.79. The monoisotopic (exact) mass is 300 g/mol. The van der Waals surface area contributed by atoms with Gasteiger partial charge in [0.25, 0.3) is 0 Å². The first-order valence-electron chi connectivity index (χ1n) is 7.75. The maximum absolute atomic E-state index is 12.6. The number of nitrogens with zero attached hydrogens (tertiary/aromatic N) is 1. The highest BCUT2D eigenvalue weighted by molar-refractivity contribution is 7.92. The summed E-state index contributed by atoms with van der Waals surface area (Å²) in [5.41, 5.74) is 6.16. The van der Waals surface area contributed by atoms with Crippen LogP contribution in [0.5, 0.6) is 0 Å². The minimum absolute atomic E-state index is 0.161. The van der Waals surface area contributed by atoms with Crippen molar-refractivity contribution in [1.29, 1.82) is 0 Å². The molecule has 0 aromatic carbocycles. The molecule has 0 bridgehead atoms. The second kappa shape index (κ2) is 5.30. The number of amides is 1. The minimum Gasteiger partial charge on any atom is -0.341 e. The molecule has 2 N–H and O–H groups in total. The van der Waals surface area contributed by atoms with Crippen LogP contribution >= 0.6 is 0 Å². The molecule has 20 heavy (non-hydrogen) atoms. The average molecular weight is 300 g/mol. The summed E-state index contributed by atoms with van der Waals surface area (Å²) in [6, 6.07) is 0.175. The van der Waals surface area contributed by atoms with Gasteiger partial charge in [-0.1, -0.05) is 12.8 Å². The number of fused-ring (bicyclic) bond motifs is 1. The summed E-state index contributed by atoms with van der Waals surface area (Å²) >= 11 is 0. The molecule has 1 saturated carbocycles. The number of hydrogen-bond donors (Lipinski definition) is 1. The molecule has 3 rings (SSSR count). The van der Waals surface area contributed by atoms with Gasteiger partial charge < -0.3 is 10.6 Å². The molecule has 0 spiro atoms. The molecule has 4 atom stereocenters. The van der Waals surface area contributed by atoms with Crippen LogP contribution in [0, 0.1) is 11.8 Å². The van der Waals surface area contributed by atoms with Crippen LogP contribution < -0.4 is 5.73 Å². The van der Waals surface area contributed by atoms with Gasteiger partial charge in [-0.25, -0.2) is 8.42 Å². The van der Waals surface area contributed by atoms with Gasteiger partial charge in [-0.3, -0.25) is 4.79 Å². The van der Waals surface area contributed by atoms with E-state index in [0.29, 0.717) is 37.8 Å². The number of likely N-dealkylation sites (tertiary alicyclic amines) is 1. The Balaban J connectivity index is 1.72. The van der Waals surface area contributed by atoms with Crippen molar-refractivity contribution >= 4 is 15.7 Å². The van der Waals surface area contributed by atoms with Crippen LogP contribution in [0.15, 0.2) is 0 Å². The molecular formula is C14H24N2O3S. The van der Waals surface area contributed by atoms with Gasteiger partial charge in [0.15, 0.2) is 9.84 Å². The van der Waals surface area contributed by atoms with E-state index < -0.39 is 15.1 Å². The third-order valence-electron chi connectivity index (χ3n) is 5.32. The highest BCUT2D eigenvalue weighted by Gasteiger charge is 2.44. The summed E-state index contributed by atoms with van der Waals surface area (Å²) in [5, 5.41) is -0.785. The third kappa shape index (κ3) is 2.48. The van der Waals surface area contributed by atoms with Gasteiger partial charge in [-0.15, -0.1) is 0 Å². The van der Waals surface area contributed by atoms with Crippen LogP contribution in [0.1, 0.15) is 38.5 Å². The van der Waals surface area contributed by atoms with Crippen molar-refractivity contribution in [1.82, 2.24) is 4.90 Å². The molecule has 0 aromatic rings. The summed E-state index contributed by atoms with van der Waals surface area (Å²) in [4.78, 5) is 14.4. The maximum Gasteiger partial charge on any atom is 0.240 e. The zero-order valence-corrected chi connectivity index (χ0v) is 12.6. The Morgan fingerprint density at radius 2 is 1.85 bits per heavy atom. The average Bonchev–Trinajstić information content (AvgIpc) is 2.83. The van der Waals surface area contributed by atoms with Crippen molar-refractivity contribution in [2.75, 3.05) is 18.8 Å². The molecular weight excluding hydrogens is 276 g/mol. The zero-order chi connectivity index (χ0) is 14.3. The number of nitrogens with two attached hydrogens (primary N) is 1. The van der Waals surface area contributed by atoms with Crippen LogP contribution in [0.25, 0.3) is 0 Å². The Hall–Kier alpha value is -0.620. The SMILES string of the molecule is NC1CCCC2CN(C(=O)C3CCCCS3(=O)=O)CC12. The lowest BCUT2D eigenvalue weighted by molar-refractivity contribution is -0.130. The molecule has 0 aromatic heterocycles. The molecule has 2 heterocycles. The predicted molar refractivity (Wildman–Crippen MR) is 76.8 cm³/mol. The van der Waals surface area contributed by atoms with E-state index in [1.54, 1.807) is 4.90 Å². The van der Waals surface area contributed by atoms with Crippen molar-refractivity contribution in [3.63, 3.8) is 0 Å².